The Balaban J connectivity index is 2.04. The maximum atomic E-state index is 12.2. The molecule has 1 saturated carbocycles. The summed E-state index contributed by atoms with van der Waals surface area (Å²) in [5.74, 6) is 0.318. The first-order chi connectivity index (χ1) is 7.96. The Kier molecular flexibility index (Phi) is 3.64. The molecule has 1 nitrogen and oxygen atoms in total. The van der Waals surface area contributed by atoms with Gasteiger partial charge in [0, 0.05) is 11.1 Å². The fourth-order valence-electron chi connectivity index (χ4n) is 1.88. The van der Waals surface area contributed by atoms with Gasteiger partial charge in [-0.1, -0.05) is 23.7 Å². The van der Waals surface area contributed by atoms with Crippen molar-refractivity contribution in [2.24, 2.45) is 5.92 Å². The molecule has 0 radical (unpaired) electrons. The highest BCUT2D eigenvalue weighted by Gasteiger charge is 2.35. The largest absolute Gasteiger partial charge is 0.401 e. The smallest absolute Gasteiger partial charge is 0.302 e. The van der Waals surface area contributed by atoms with Crippen molar-refractivity contribution in [2.45, 2.75) is 25.1 Å². The third-order valence-corrected chi connectivity index (χ3v) is 3.10. The molecular weight excluding hydrogens is 251 g/mol. The molecule has 0 amide bonds. The Bertz CT molecular complexity index is 370. The highest BCUT2D eigenvalue weighted by atomic mass is 35.5. The number of benzene rings is 1. The molecule has 0 aromatic heterocycles. The molecule has 1 N–H and O–H groups in total. The van der Waals surface area contributed by atoms with Crippen molar-refractivity contribution in [3.63, 3.8) is 0 Å². The molecule has 0 bridgehead atoms. The van der Waals surface area contributed by atoms with Crippen molar-refractivity contribution in [2.75, 3.05) is 6.54 Å². The van der Waals surface area contributed by atoms with E-state index >= 15 is 0 Å². The lowest BCUT2D eigenvalue weighted by Gasteiger charge is -2.20. The van der Waals surface area contributed by atoms with Gasteiger partial charge in [-0.3, -0.25) is 0 Å². The lowest BCUT2D eigenvalue weighted by molar-refractivity contribution is -0.126. The molecule has 1 unspecified atom stereocenters. The van der Waals surface area contributed by atoms with Gasteiger partial charge in [0.1, 0.15) is 0 Å². The molecule has 2 rings (SSSR count). The second-order valence-electron chi connectivity index (χ2n) is 4.36. The summed E-state index contributed by atoms with van der Waals surface area (Å²) >= 11 is 5.76. The van der Waals surface area contributed by atoms with Crippen LogP contribution in [0.1, 0.15) is 24.4 Å². The van der Waals surface area contributed by atoms with Crippen molar-refractivity contribution >= 4 is 11.6 Å². The van der Waals surface area contributed by atoms with E-state index in [1.54, 1.807) is 24.3 Å². The first-order valence-electron chi connectivity index (χ1n) is 5.51. The van der Waals surface area contributed by atoms with E-state index in [2.05, 4.69) is 5.32 Å². The Labute approximate surface area is 103 Å². The summed E-state index contributed by atoms with van der Waals surface area (Å²) in [6, 6.07) is 6.78. The van der Waals surface area contributed by atoms with E-state index in [9.17, 15) is 13.2 Å². The van der Waals surface area contributed by atoms with Gasteiger partial charge < -0.3 is 5.32 Å². The standard InChI is InChI=1S/C12H13ClF3N/c13-10-5-3-9(4-6-10)11(8-1-2-8)17-7-12(14,15)16/h3-6,8,11,17H,1-2,7H2. The van der Waals surface area contributed by atoms with Crippen LogP contribution in [0, 0.1) is 5.92 Å². The Morgan fingerprint density at radius 2 is 1.82 bits per heavy atom. The van der Waals surface area contributed by atoms with Crippen LogP contribution in [0.3, 0.4) is 0 Å². The summed E-state index contributed by atoms with van der Waals surface area (Å²) in [5, 5.41) is 3.19. The molecule has 1 aromatic rings. The first-order valence-corrected chi connectivity index (χ1v) is 5.89. The predicted octanol–water partition coefficient (Wildman–Crippen LogP) is 3.94. The van der Waals surface area contributed by atoms with E-state index in [-0.39, 0.29) is 6.04 Å². The fraction of sp³-hybridized carbons (Fsp3) is 0.500. The van der Waals surface area contributed by atoms with Crippen LogP contribution < -0.4 is 5.32 Å². The topological polar surface area (TPSA) is 12.0 Å². The highest BCUT2D eigenvalue weighted by molar-refractivity contribution is 6.30. The zero-order valence-electron chi connectivity index (χ0n) is 9.10. The molecule has 94 valence electrons. The second-order valence-corrected chi connectivity index (χ2v) is 4.80. The average molecular weight is 264 g/mol. The van der Waals surface area contributed by atoms with E-state index in [0.29, 0.717) is 10.9 Å². The van der Waals surface area contributed by atoms with Gasteiger partial charge in [-0.15, -0.1) is 0 Å². The quantitative estimate of drug-likeness (QED) is 0.868. The molecule has 0 aliphatic heterocycles. The number of alkyl halides is 3. The molecule has 0 heterocycles. The van der Waals surface area contributed by atoms with Crippen molar-refractivity contribution in [1.82, 2.24) is 5.32 Å². The maximum absolute atomic E-state index is 12.2. The number of halogens is 4. The number of hydrogen-bond acceptors (Lipinski definition) is 1. The molecule has 0 saturated heterocycles. The summed E-state index contributed by atoms with van der Waals surface area (Å²) in [6.45, 7) is -0.948. The molecule has 1 atom stereocenters. The number of hydrogen-bond donors (Lipinski definition) is 1. The lowest BCUT2D eigenvalue weighted by atomic mass is 10.0. The zero-order chi connectivity index (χ0) is 12.5. The van der Waals surface area contributed by atoms with Crippen molar-refractivity contribution in [1.29, 1.82) is 0 Å². The van der Waals surface area contributed by atoms with Gasteiger partial charge in [-0.05, 0) is 36.5 Å². The SMILES string of the molecule is FC(F)(F)CNC(c1ccc(Cl)cc1)C1CC1. The normalized spacial score (nSPS) is 18.1. The lowest BCUT2D eigenvalue weighted by Crippen LogP contribution is -2.33. The van der Waals surface area contributed by atoms with E-state index in [1.165, 1.54) is 0 Å². The van der Waals surface area contributed by atoms with Crippen LogP contribution in [-0.4, -0.2) is 12.7 Å². The Morgan fingerprint density at radius 1 is 1.24 bits per heavy atom. The third-order valence-electron chi connectivity index (χ3n) is 2.84. The van der Waals surface area contributed by atoms with Gasteiger partial charge in [0.05, 0.1) is 6.54 Å². The summed E-state index contributed by atoms with van der Waals surface area (Å²) < 4.78 is 36.6. The number of nitrogens with one attached hydrogen (secondary N) is 1. The molecule has 5 heteroatoms. The van der Waals surface area contributed by atoms with Gasteiger partial charge in [0.2, 0.25) is 0 Å². The van der Waals surface area contributed by atoms with Gasteiger partial charge in [-0.25, -0.2) is 0 Å². The molecule has 1 aliphatic rings. The molecule has 1 fully saturated rings. The van der Waals surface area contributed by atoms with Gasteiger partial charge >= 0.3 is 6.18 Å². The monoisotopic (exact) mass is 263 g/mol. The zero-order valence-corrected chi connectivity index (χ0v) is 9.85. The van der Waals surface area contributed by atoms with Crippen LogP contribution in [0.15, 0.2) is 24.3 Å². The van der Waals surface area contributed by atoms with Crippen LogP contribution in [-0.2, 0) is 0 Å². The van der Waals surface area contributed by atoms with Crippen molar-refractivity contribution in [3.8, 4) is 0 Å². The van der Waals surface area contributed by atoms with Crippen LogP contribution >= 0.6 is 11.6 Å². The molecular formula is C12H13ClF3N. The molecule has 1 aromatic carbocycles. The summed E-state index contributed by atoms with van der Waals surface area (Å²) in [5.41, 5.74) is 0.876. The van der Waals surface area contributed by atoms with Gasteiger partial charge in [-0.2, -0.15) is 13.2 Å². The van der Waals surface area contributed by atoms with Gasteiger partial charge in [0.15, 0.2) is 0 Å². The Morgan fingerprint density at radius 3 is 2.29 bits per heavy atom. The van der Waals surface area contributed by atoms with E-state index in [4.69, 9.17) is 11.6 Å². The first kappa shape index (κ1) is 12.7. The van der Waals surface area contributed by atoms with Crippen molar-refractivity contribution in [3.05, 3.63) is 34.9 Å². The van der Waals surface area contributed by atoms with Crippen LogP contribution in [0.5, 0.6) is 0 Å². The maximum Gasteiger partial charge on any atom is 0.401 e. The van der Waals surface area contributed by atoms with Crippen LogP contribution in [0.4, 0.5) is 13.2 Å². The highest BCUT2D eigenvalue weighted by Crippen LogP contribution is 2.41. The summed E-state index contributed by atoms with van der Waals surface area (Å²) in [4.78, 5) is 0. The van der Waals surface area contributed by atoms with Crippen LogP contribution in [0.25, 0.3) is 0 Å². The summed E-state index contributed by atoms with van der Waals surface area (Å²) in [6.07, 6.45) is -2.20. The average Bonchev–Trinajstić information content (AvgIpc) is 3.03. The number of rotatable bonds is 4. The minimum Gasteiger partial charge on any atom is -0.302 e. The van der Waals surface area contributed by atoms with E-state index in [1.807, 2.05) is 0 Å². The molecule has 1 aliphatic carbocycles. The minimum absolute atomic E-state index is 0.214. The molecule has 0 spiro atoms. The Hall–Kier alpha value is -0.740. The predicted molar refractivity (Wildman–Crippen MR) is 61.0 cm³/mol. The fourth-order valence-corrected chi connectivity index (χ4v) is 2.01. The van der Waals surface area contributed by atoms with E-state index in [0.717, 1.165) is 18.4 Å². The van der Waals surface area contributed by atoms with E-state index < -0.39 is 12.7 Å². The minimum atomic E-state index is -4.17. The van der Waals surface area contributed by atoms with Crippen molar-refractivity contribution < 1.29 is 13.2 Å². The second kappa shape index (κ2) is 4.86. The van der Waals surface area contributed by atoms with Gasteiger partial charge in [0.25, 0.3) is 0 Å². The summed E-state index contributed by atoms with van der Waals surface area (Å²) in [7, 11) is 0. The van der Waals surface area contributed by atoms with Crippen LogP contribution in [0.2, 0.25) is 5.02 Å². The molecule has 17 heavy (non-hydrogen) atoms. The third kappa shape index (κ3) is 3.89.